The first-order chi connectivity index (χ1) is 13.4. The highest BCUT2D eigenvalue weighted by Crippen LogP contribution is 2.23. The normalized spacial score (nSPS) is 15.0. The van der Waals surface area contributed by atoms with E-state index < -0.39 is 0 Å². The van der Waals surface area contributed by atoms with Gasteiger partial charge in [-0.25, -0.2) is 9.97 Å². The molecule has 1 saturated heterocycles. The minimum absolute atomic E-state index is 0.484. The Morgan fingerprint density at radius 3 is 2.39 bits per heavy atom. The summed E-state index contributed by atoms with van der Waals surface area (Å²) in [5.74, 6) is 2.52. The highest BCUT2D eigenvalue weighted by atomic mass is 16.5. The molecule has 0 saturated carbocycles. The molecule has 2 aromatic heterocycles. The third-order valence-electron chi connectivity index (χ3n) is 5.25. The van der Waals surface area contributed by atoms with Gasteiger partial charge in [0.25, 0.3) is 0 Å². The molecule has 3 rings (SSSR count). The highest BCUT2D eigenvalue weighted by Gasteiger charge is 2.21. The third kappa shape index (κ3) is 4.70. The summed E-state index contributed by atoms with van der Waals surface area (Å²) < 4.78 is 5.49. The predicted octanol–water partition coefficient (Wildman–Crippen LogP) is 2.63. The van der Waals surface area contributed by atoms with Crippen LogP contribution >= 0.6 is 0 Å². The molecule has 1 aliphatic heterocycles. The molecule has 0 spiro atoms. The van der Waals surface area contributed by atoms with Crippen LogP contribution in [0.4, 0.5) is 11.8 Å². The fourth-order valence-electron chi connectivity index (χ4n) is 3.67. The molecule has 1 fully saturated rings. The van der Waals surface area contributed by atoms with Gasteiger partial charge < -0.3 is 19.9 Å². The molecule has 0 aromatic carbocycles. The van der Waals surface area contributed by atoms with Crippen molar-refractivity contribution in [2.24, 2.45) is 0 Å². The first-order valence-electron chi connectivity index (χ1n) is 9.90. The Bertz CT molecular complexity index is 815. The largest absolute Gasteiger partial charge is 0.481 e. The molecule has 2 aromatic rings. The van der Waals surface area contributed by atoms with Crippen molar-refractivity contribution in [2.75, 3.05) is 44.1 Å². The van der Waals surface area contributed by atoms with E-state index in [1.165, 1.54) is 5.56 Å². The number of rotatable bonds is 6. The van der Waals surface area contributed by atoms with Crippen LogP contribution < -0.4 is 19.9 Å². The van der Waals surface area contributed by atoms with Gasteiger partial charge in [-0.15, -0.1) is 0 Å². The van der Waals surface area contributed by atoms with Gasteiger partial charge in [0.1, 0.15) is 5.82 Å². The Kier molecular flexibility index (Phi) is 6.34. The minimum atomic E-state index is 0.484. The van der Waals surface area contributed by atoms with Crippen LogP contribution in [0.5, 0.6) is 5.88 Å². The van der Waals surface area contributed by atoms with Crippen molar-refractivity contribution in [3.8, 4) is 5.88 Å². The maximum absolute atomic E-state index is 5.49. The van der Waals surface area contributed by atoms with E-state index in [1.807, 2.05) is 32.8 Å². The number of piperidine rings is 1. The Balaban J connectivity index is 1.60. The molecule has 28 heavy (non-hydrogen) atoms. The minimum Gasteiger partial charge on any atom is -0.481 e. The zero-order valence-electron chi connectivity index (χ0n) is 17.9. The summed E-state index contributed by atoms with van der Waals surface area (Å²) in [7, 11) is 5.64. The zero-order valence-corrected chi connectivity index (χ0v) is 17.9. The predicted molar refractivity (Wildman–Crippen MR) is 113 cm³/mol. The SMILES string of the molecule is COc1nc(C)cc(C)c1CNC1CCN(c2cc(C)nc(N(C)C)n2)CC1. The first kappa shape index (κ1) is 20.3. The molecule has 0 bridgehead atoms. The maximum Gasteiger partial charge on any atom is 0.226 e. The second-order valence-corrected chi connectivity index (χ2v) is 7.77. The molecule has 0 unspecified atom stereocenters. The summed E-state index contributed by atoms with van der Waals surface area (Å²) in [5.41, 5.74) is 4.37. The lowest BCUT2D eigenvalue weighted by Crippen LogP contribution is -2.42. The molecule has 7 heteroatoms. The van der Waals surface area contributed by atoms with Crippen LogP contribution in [-0.4, -0.2) is 55.3 Å². The fourth-order valence-corrected chi connectivity index (χ4v) is 3.67. The van der Waals surface area contributed by atoms with Crippen molar-refractivity contribution < 1.29 is 4.74 Å². The number of ether oxygens (including phenoxy) is 1. The summed E-state index contributed by atoms with van der Waals surface area (Å²) in [6.07, 6.45) is 2.17. The number of nitrogens with one attached hydrogen (secondary N) is 1. The highest BCUT2D eigenvalue weighted by molar-refractivity contribution is 5.45. The smallest absolute Gasteiger partial charge is 0.226 e. The van der Waals surface area contributed by atoms with Gasteiger partial charge in [-0.05, 0) is 45.2 Å². The molecule has 0 aliphatic carbocycles. The Hall–Kier alpha value is -2.41. The summed E-state index contributed by atoms with van der Waals surface area (Å²) in [6, 6.07) is 4.67. The zero-order chi connectivity index (χ0) is 20.3. The van der Waals surface area contributed by atoms with Gasteiger partial charge in [-0.3, -0.25) is 0 Å². The van der Waals surface area contributed by atoms with Crippen molar-refractivity contribution in [1.29, 1.82) is 0 Å². The third-order valence-corrected chi connectivity index (χ3v) is 5.25. The molecule has 152 valence electrons. The van der Waals surface area contributed by atoms with E-state index in [2.05, 4.69) is 39.2 Å². The molecular formula is C21H32N6O. The summed E-state index contributed by atoms with van der Waals surface area (Å²) in [5, 5.41) is 3.70. The number of hydrogen-bond acceptors (Lipinski definition) is 7. The van der Waals surface area contributed by atoms with Crippen LogP contribution in [0.15, 0.2) is 12.1 Å². The van der Waals surface area contributed by atoms with Crippen molar-refractivity contribution in [2.45, 2.75) is 46.2 Å². The van der Waals surface area contributed by atoms with Crippen molar-refractivity contribution in [1.82, 2.24) is 20.3 Å². The number of anilines is 2. The second kappa shape index (κ2) is 8.73. The van der Waals surface area contributed by atoms with Crippen molar-refractivity contribution in [3.63, 3.8) is 0 Å². The van der Waals surface area contributed by atoms with Gasteiger partial charge in [0, 0.05) is 62.8 Å². The number of nitrogens with zero attached hydrogens (tertiary/aromatic N) is 5. The van der Waals surface area contributed by atoms with Crippen LogP contribution in [0.25, 0.3) is 0 Å². The molecule has 3 heterocycles. The Morgan fingerprint density at radius 2 is 1.75 bits per heavy atom. The lowest BCUT2D eigenvalue weighted by atomic mass is 10.0. The number of aryl methyl sites for hydroxylation is 3. The molecule has 1 aliphatic rings. The van der Waals surface area contributed by atoms with E-state index >= 15 is 0 Å². The van der Waals surface area contributed by atoms with Gasteiger partial charge >= 0.3 is 0 Å². The average Bonchev–Trinajstić information content (AvgIpc) is 2.66. The van der Waals surface area contributed by atoms with Crippen LogP contribution in [0.1, 0.15) is 35.4 Å². The van der Waals surface area contributed by atoms with Crippen LogP contribution in [0.3, 0.4) is 0 Å². The van der Waals surface area contributed by atoms with E-state index in [-0.39, 0.29) is 0 Å². The summed E-state index contributed by atoms with van der Waals surface area (Å²) >= 11 is 0. The number of pyridine rings is 1. The van der Waals surface area contributed by atoms with E-state index in [0.29, 0.717) is 6.04 Å². The van der Waals surface area contributed by atoms with E-state index in [0.717, 1.165) is 67.1 Å². The molecule has 7 nitrogen and oxygen atoms in total. The average molecular weight is 385 g/mol. The van der Waals surface area contributed by atoms with Gasteiger partial charge in [-0.2, -0.15) is 4.98 Å². The Labute approximate surface area is 168 Å². The standard InChI is InChI=1S/C21H32N6O/c1-14-11-15(2)23-20(28-6)18(14)13-22-17-7-9-27(10-8-17)19-12-16(3)24-21(25-19)26(4)5/h11-12,17,22H,7-10,13H2,1-6H3. The summed E-state index contributed by atoms with van der Waals surface area (Å²) in [4.78, 5) is 18.0. The van der Waals surface area contributed by atoms with Crippen LogP contribution in [0, 0.1) is 20.8 Å². The number of methoxy groups -OCH3 is 1. The molecule has 1 N–H and O–H groups in total. The monoisotopic (exact) mass is 384 g/mol. The molecule has 0 amide bonds. The Morgan fingerprint density at radius 1 is 1.07 bits per heavy atom. The quantitative estimate of drug-likeness (QED) is 0.821. The second-order valence-electron chi connectivity index (χ2n) is 7.77. The first-order valence-corrected chi connectivity index (χ1v) is 9.90. The lowest BCUT2D eigenvalue weighted by Gasteiger charge is -2.34. The maximum atomic E-state index is 5.49. The van der Waals surface area contributed by atoms with Gasteiger partial charge in [0.15, 0.2) is 0 Å². The number of hydrogen-bond donors (Lipinski definition) is 1. The van der Waals surface area contributed by atoms with Gasteiger partial charge in [-0.1, -0.05) is 0 Å². The van der Waals surface area contributed by atoms with Crippen molar-refractivity contribution in [3.05, 3.63) is 34.6 Å². The van der Waals surface area contributed by atoms with E-state index in [1.54, 1.807) is 7.11 Å². The molecule has 0 radical (unpaired) electrons. The van der Waals surface area contributed by atoms with E-state index in [4.69, 9.17) is 9.72 Å². The van der Waals surface area contributed by atoms with Gasteiger partial charge in [0.05, 0.1) is 7.11 Å². The molecule has 0 atom stereocenters. The van der Waals surface area contributed by atoms with Crippen LogP contribution in [0.2, 0.25) is 0 Å². The van der Waals surface area contributed by atoms with Gasteiger partial charge in [0.2, 0.25) is 11.8 Å². The van der Waals surface area contributed by atoms with Crippen molar-refractivity contribution >= 4 is 11.8 Å². The topological polar surface area (TPSA) is 66.4 Å². The lowest BCUT2D eigenvalue weighted by molar-refractivity contribution is 0.378. The molecular weight excluding hydrogens is 352 g/mol. The van der Waals surface area contributed by atoms with E-state index in [9.17, 15) is 0 Å². The fraction of sp³-hybridized carbons (Fsp3) is 0.571. The number of aromatic nitrogens is 3. The summed E-state index contributed by atoms with van der Waals surface area (Å²) in [6.45, 7) is 8.91. The van der Waals surface area contributed by atoms with Crippen LogP contribution in [-0.2, 0) is 6.54 Å².